The summed E-state index contributed by atoms with van der Waals surface area (Å²) in [7, 11) is 0. The van der Waals surface area contributed by atoms with Crippen molar-refractivity contribution in [3.8, 4) is 11.1 Å². The standard InChI is InChI=1S/C16H20N2/c1-3-13-14(4-2)16(18)10-9-15(13)11-5-7-12(17)8-6-11/h5-10H,3-4,17-18H2,1-2H3. The molecule has 0 fully saturated rings. The topological polar surface area (TPSA) is 52.0 Å². The molecule has 0 amide bonds. The zero-order valence-corrected chi connectivity index (χ0v) is 11.0. The number of anilines is 2. The summed E-state index contributed by atoms with van der Waals surface area (Å²) in [5.74, 6) is 0. The Hall–Kier alpha value is -1.96. The molecule has 0 saturated heterocycles. The summed E-state index contributed by atoms with van der Waals surface area (Å²) in [6, 6.07) is 12.1. The third-order valence-corrected chi connectivity index (χ3v) is 3.40. The SMILES string of the molecule is CCc1c(N)ccc(-c2ccc(N)cc2)c1CC. The molecule has 94 valence electrons. The second kappa shape index (κ2) is 5.13. The molecule has 0 atom stereocenters. The van der Waals surface area contributed by atoms with E-state index in [1.807, 2.05) is 18.2 Å². The molecule has 2 nitrogen and oxygen atoms in total. The maximum Gasteiger partial charge on any atom is 0.0349 e. The molecular weight excluding hydrogens is 220 g/mol. The average Bonchev–Trinajstić information content (AvgIpc) is 2.39. The van der Waals surface area contributed by atoms with E-state index in [1.54, 1.807) is 0 Å². The Morgan fingerprint density at radius 1 is 0.778 bits per heavy atom. The van der Waals surface area contributed by atoms with Gasteiger partial charge in [-0.3, -0.25) is 0 Å². The Morgan fingerprint density at radius 3 is 1.94 bits per heavy atom. The number of nitrogens with two attached hydrogens (primary N) is 2. The van der Waals surface area contributed by atoms with Crippen LogP contribution in [0.25, 0.3) is 11.1 Å². The van der Waals surface area contributed by atoms with Crippen molar-refractivity contribution in [1.82, 2.24) is 0 Å². The van der Waals surface area contributed by atoms with Crippen molar-refractivity contribution in [2.24, 2.45) is 0 Å². The summed E-state index contributed by atoms with van der Waals surface area (Å²) < 4.78 is 0. The molecule has 2 heteroatoms. The molecule has 0 saturated carbocycles. The van der Waals surface area contributed by atoms with Gasteiger partial charge >= 0.3 is 0 Å². The summed E-state index contributed by atoms with van der Waals surface area (Å²) >= 11 is 0. The molecule has 0 spiro atoms. The van der Waals surface area contributed by atoms with Crippen molar-refractivity contribution < 1.29 is 0 Å². The minimum absolute atomic E-state index is 0.794. The lowest BCUT2D eigenvalue weighted by Crippen LogP contribution is -2.00. The van der Waals surface area contributed by atoms with Gasteiger partial charge in [-0.05, 0) is 53.3 Å². The van der Waals surface area contributed by atoms with E-state index in [4.69, 9.17) is 11.5 Å². The van der Waals surface area contributed by atoms with Gasteiger partial charge < -0.3 is 11.5 Å². The van der Waals surface area contributed by atoms with E-state index in [-0.39, 0.29) is 0 Å². The first kappa shape index (κ1) is 12.5. The molecule has 4 N–H and O–H groups in total. The first-order valence-corrected chi connectivity index (χ1v) is 6.43. The normalized spacial score (nSPS) is 10.6. The maximum absolute atomic E-state index is 6.06. The van der Waals surface area contributed by atoms with Crippen molar-refractivity contribution in [2.45, 2.75) is 26.7 Å². The molecule has 0 bridgehead atoms. The molecule has 0 aliphatic carbocycles. The van der Waals surface area contributed by atoms with Gasteiger partial charge in [-0.15, -0.1) is 0 Å². The van der Waals surface area contributed by atoms with Crippen LogP contribution in [0.15, 0.2) is 36.4 Å². The third kappa shape index (κ3) is 2.19. The lowest BCUT2D eigenvalue weighted by Gasteiger charge is -2.15. The van der Waals surface area contributed by atoms with E-state index >= 15 is 0 Å². The van der Waals surface area contributed by atoms with Crippen molar-refractivity contribution in [3.05, 3.63) is 47.5 Å². The van der Waals surface area contributed by atoms with Gasteiger partial charge in [0.2, 0.25) is 0 Å². The number of benzene rings is 2. The van der Waals surface area contributed by atoms with Gasteiger partial charge in [0.15, 0.2) is 0 Å². The molecule has 18 heavy (non-hydrogen) atoms. The van der Waals surface area contributed by atoms with Crippen LogP contribution in [0.4, 0.5) is 11.4 Å². The van der Waals surface area contributed by atoms with Gasteiger partial charge in [0.05, 0.1) is 0 Å². The van der Waals surface area contributed by atoms with Crippen LogP contribution in [-0.2, 0) is 12.8 Å². The Labute approximate surface area is 109 Å². The minimum Gasteiger partial charge on any atom is -0.399 e. The quantitative estimate of drug-likeness (QED) is 0.805. The molecule has 0 aliphatic heterocycles. The first-order chi connectivity index (χ1) is 8.67. The lowest BCUT2D eigenvalue weighted by molar-refractivity contribution is 1.04. The monoisotopic (exact) mass is 240 g/mol. The summed E-state index contributed by atoms with van der Waals surface area (Å²) in [5.41, 5.74) is 18.6. The molecule has 0 heterocycles. The minimum atomic E-state index is 0.794. The van der Waals surface area contributed by atoms with Crippen LogP contribution in [0.3, 0.4) is 0 Å². The van der Waals surface area contributed by atoms with E-state index in [0.717, 1.165) is 24.2 Å². The fourth-order valence-electron chi connectivity index (χ4n) is 2.47. The van der Waals surface area contributed by atoms with Crippen LogP contribution in [0, 0.1) is 0 Å². The largest absolute Gasteiger partial charge is 0.399 e. The smallest absolute Gasteiger partial charge is 0.0349 e. The fraction of sp³-hybridized carbons (Fsp3) is 0.250. The van der Waals surface area contributed by atoms with Crippen LogP contribution >= 0.6 is 0 Å². The van der Waals surface area contributed by atoms with E-state index < -0.39 is 0 Å². The molecule has 2 rings (SSSR count). The van der Waals surface area contributed by atoms with Gasteiger partial charge in [-0.25, -0.2) is 0 Å². The second-order valence-corrected chi connectivity index (χ2v) is 4.49. The molecule has 2 aromatic carbocycles. The van der Waals surface area contributed by atoms with Crippen LogP contribution in [-0.4, -0.2) is 0 Å². The van der Waals surface area contributed by atoms with E-state index in [0.29, 0.717) is 0 Å². The highest BCUT2D eigenvalue weighted by Crippen LogP contribution is 2.31. The number of hydrogen-bond acceptors (Lipinski definition) is 2. The summed E-state index contributed by atoms with van der Waals surface area (Å²) in [6.45, 7) is 4.33. The van der Waals surface area contributed by atoms with Gasteiger partial charge in [0, 0.05) is 11.4 Å². The van der Waals surface area contributed by atoms with E-state index in [1.165, 1.54) is 22.3 Å². The lowest BCUT2D eigenvalue weighted by atomic mass is 9.91. The van der Waals surface area contributed by atoms with E-state index in [9.17, 15) is 0 Å². The van der Waals surface area contributed by atoms with Gasteiger partial charge in [-0.2, -0.15) is 0 Å². The molecule has 0 aliphatic rings. The Balaban J connectivity index is 2.60. The van der Waals surface area contributed by atoms with Crippen LogP contribution < -0.4 is 11.5 Å². The number of nitrogen functional groups attached to an aromatic ring is 2. The van der Waals surface area contributed by atoms with Crippen molar-refractivity contribution in [2.75, 3.05) is 11.5 Å². The average molecular weight is 240 g/mol. The molecular formula is C16H20N2. The van der Waals surface area contributed by atoms with Crippen LogP contribution in [0.2, 0.25) is 0 Å². The predicted octanol–water partition coefficient (Wildman–Crippen LogP) is 3.64. The van der Waals surface area contributed by atoms with Crippen molar-refractivity contribution >= 4 is 11.4 Å². The Morgan fingerprint density at radius 2 is 1.39 bits per heavy atom. The number of rotatable bonds is 3. The molecule has 0 unspecified atom stereocenters. The predicted molar refractivity (Wildman–Crippen MR) is 79.5 cm³/mol. The van der Waals surface area contributed by atoms with Gasteiger partial charge in [0.1, 0.15) is 0 Å². The van der Waals surface area contributed by atoms with Crippen molar-refractivity contribution in [1.29, 1.82) is 0 Å². The first-order valence-electron chi connectivity index (χ1n) is 6.43. The molecule has 0 radical (unpaired) electrons. The molecule has 2 aromatic rings. The van der Waals surface area contributed by atoms with E-state index in [2.05, 4.69) is 32.0 Å². The second-order valence-electron chi connectivity index (χ2n) is 4.49. The van der Waals surface area contributed by atoms with Crippen LogP contribution in [0.5, 0.6) is 0 Å². The molecule has 0 aromatic heterocycles. The third-order valence-electron chi connectivity index (χ3n) is 3.40. The Kier molecular flexibility index (Phi) is 3.56. The zero-order chi connectivity index (χ0) is 13.1. The summed E-state index contributed by atoms with van der Waals surface area (Å²) in [5, 5.41) is 0. The summed E-state index contributed by atoms with van der Waals surface area (Å²) in [4.78, 5) is 0. The van der Waals surface area contributed by atoms with Crippen molar-refractivity contribution in [3.63, 3.8) is 0 Å². The maximum atomic E-state index is 6.06. The highest BCUT2D eigenvalue weighted by atomic mass is 14.6. The Bertz CT molecular complexity index is 542. The van der Waals surface area contributed by atoms with Gasteiger partial charge in [-0.1, -0.05) is 32.0 Å². The highest BCUT2D eigenvalue weighted by molar-refractivity contribution is 5.73. The zero-order valence-electron chi connectivity index (χ0n) is 11.0. The number of hydrogen-bond donors (Lipinski definition) is 2. The summed E-state index contributed by atoms with van der Waals surface area (Å²) in [6.07, 6.45) is 1.96. The van der Waals surface area contributed by atoms with Gasteiger partial charge in [0.25, 0.3) is 0 Å². The fourth-order valence-corrected chi connectivity index (χ4v) is 2.47. The van der Waals surface area contributed by atoms with Crippen LogP contribution in [0.1, 0.15) is 25.0 Å². The highest BCUT2D eigenvalue weighted by Gasteiger charge is 2.10.